The molecule has 2 aromatic heterocycles. The summed E-state index contributed by atoms with van der Waals surface area (Å²) in [5.74, 6) is 0.932. The number of hydrogen-bond donors (Lipinski definition) is 1. The van der Waals surface area contributed by atoms with Gasteiger partial charge in [-0.05, 0) is 24.6 Å². The zero-order chi connectivity index (χ0) is 14.7. The molecular weight excluding hydrogens is 302 g/mol. The third-order valence-corrected chi connectivity index (χ3v) is 5.32. The third-order valence-electron chi connectivity index (χ3n) is 3.05. The van der Waals surface area contributed by atoms with Crippen LogP contribution in [0, 0.1) is 0 Å². The van der Waals surface area contributed by atoms with E-state index in [-0.39, 0.29) is 5.56 Å². The molecule has 0 amide bonds. The average molecular weight is 317 g/mol. The van der Waals surface area contributed by atoms with Crippen LogP contribution in [0.5, 0.6) is 0 Å². The van der Waals surface area contributed by atoms with Crippen LogP contribution < -0.4 is 11.3 Å². The summed E-state index contributed by atoms with van der Waals surface area (Å²) in [7, 11) is 0. The largest absolute Gasteiger partial charge is 0.398 e. The van der Waals surface area contributed by atoms with E-state index in [1.165, 1.54) is 10.8 Å². The number of aromatic nitrogens is 2. The highest BCUT2D eigenvalue weighted by molar-refractivity contribution is 8.01. The van der Waals surface area contributed by atoms with Crippen molar-refractivity contribution in [3.63, 3.8) is 0 Å². The van der Waals surface area contributed by atoms with Crippen molar-refractivity contribution < 1.29 is 0 Å². The molecule has 2 N–H and O–H groups in total. The zero-order valence-corrected chi connectivity index (χ0v) is 13.0. The quantitative estimate of drug-likeness (QED) is 0.580. The Hall–Kier alpha value is -1.79. The maximum absolute atomic E-state index is 11.6. The first-order valence-corrected chi connectivity index (χ1v) is 8.47. The predicted molar refractivity (Wildman–Crippen MR) is 90.1 cm³/mol. The van der Waals surface area contributed by atoms with Gasteiger partial charge in [-0.1, -0.05) is 23.9 Å². The summed E-state index contributed by atoms with van der Waals surface area (Å²) in [5.41, 5.74) is 7.36. The van der Waals surface area contributed by atoms with Gasteiger partial charge in [0.05, 0.1) is 10.2 Å². The lowest BCUT2D eigenvalue weighted by molar-refractivity contribution is 0.660. The number of anilines is 1. The van der Waals surface area contributed by atoms with Crippen LogP contribution in [0.1, 0.15) is 6.42 Å². The molecule has 21 heavy (non-hydrogen) atoms. The summed E-state index contributed by atoms with van der Waals surface area (Å²) in [5, 5.41) is 0. The minimum atomic E-state index is -0.00538. The highest BCUT2D eigenvalue weighted by atomic mass is 32.2. The van der Waals surface area contributed by atoms with Crippen LogP contribution in [0.15, 0.2) is 51.7 Å². The highest BCUT2D eigenvalue weighted by Crippen LogP contribution is 2.29. The van der Waals surface area contributed by atoms with E-state index in [9.17, 15) is 4.79 Å². The number of fused-ring (bicyclic) bond motifs is 1. The normalized spacial score (nSPS) is 11.0. The first-order chi connectivity index (χ1) is 10.2. The molecule has 2 heterocycles. The number of nitrogens with two attached hydrogens (primary N) is 1. The molecule has 0 aliphatic heterocycles. The predicted octanol–water partition coefficient (Wildman–Crippen LogP) is 3.22. The number of nitrogen functional groups attached to an aromatic ring is 1. The number of thioether (sulfide) groups is 1. The number of benzene rings is 1. The molecule has 108 valence electrons. The molecule has 4 nitrogen and oxygen atoms in total. The van der Waals surface area contributed by atoms with Gasteiger partial charge in [0.15, 0.2) is 4.34 Å². The molecule has 0 aliphatic rings. The Labute approximate surface area is 130 Å². The second-order valence-corrected chi connectivity index (χ2v) is 7.02. The molecular formula is C15H15N3OS2. The van der Waals surface area contributed by atoms with E-state index in [1.807, 2.05) is 18.2 Å². The maximum Gasteiger partial charge on any atom is 0.250 e. The molecule has 0 unspecified atom stereocenters. The van der Waals surface area contributed by atoms with Crippen LogP contribution in [0.2, 0.25) is 0 Å². The third kappa shape index (κ3) is 3.46. The number of hydrogen-bond acceptors (Lipinski definition) is 5. The van der Waals surface area contributed by atoms with Crippen LogP contribution in [-0.4, -0.2) is 15.3 Å². The molecule has 0 radical (unpaired) electrons. The van der Waals surface area contributed by atoms with Gasteiger partial charge in [-0.2, -0.15) is 0 Å². The van der Waals surface area contributed by atoms with E-state index < -0.39 is 0 Å². The van der Waals surface area contributed by atoms with Gasteiger partial charge in [-0.15, -0.1) is 11.3 Å². The van der Waals surface area contributed by atoms with E-state index in [0.29, 0.717) is 12.2 Å². The minimum Gasteiger partial charge on any atom is -0.398 e. The molecule has 0 fully saturated rings. The lowest BCUT2D eigenvalue weighted by Crippen LogP contribution is -2.19. The summed E-state index contributed by atoms with van der Waals surface area (Å²) >= 11 is 3.45. The van der Waals surface area contributed by atoms with Crippen LogP contribution in [0.3, 0.4) is 0 Å². The van der Waals surface area contributed by atoms with Crippen molar-refractivity contribution in [2.45, 2.75) is 17.3 Å². The van der Waals surface area contributed by atoms with E-state index in [1.54, 1.807) is 39.9 Å². The highest BCUT2D eigenvalue weighted by Gasteiger charge is 2.03. The van der Waals surface area contributed by atoms with E-state index in [4.69, 9.17) is 5.73 Å². The smallest absolute Gasteiger partial charge is 0.250 e. The number of para-hydroxylation sites is 1. The van der Waals surface area contributed by atoms with Crippen LogP contribution in [0.25, 0.3) is 10.2 Å². The molecule has 6 heteroatoms. The van der Waals surface area contributed by atoms with Gasteiger partial charge in [-0.3, -0.25) is 4.79 Å². The van der Waals surface area contributed by atoms with Crippen molar-refractivity contribution in [2.24, 2.45) is 0 Å². The van der Waals surface area contributed by atoms with Gasteiger partial charge in [0.25, 0.3) is 5.56 Å². The van der Waals surface area contributed by atoms with Crippen molar-refractivity contribution in [3.05, 3.63) is 52.9 Å². The molecule has 0 spiro atoms. The van der Waals surface area contributed by atoms with E-state index in [2.05, 4.69) is 11.1 Å². The average Bonchev–Trinajstić information content (AvgIpc) is 2.89. The number of rotatable bonds is 5. The number of thiazole rings is 1. The van der Waals surface area contributed by atoms with Gasteiger partial charge < -0.3 is 10.3 Å². The van der Waals surface area contributed by atoms with Gasteiger partial charge in [0.1, 0.15) is 0 Å². The van der Waals surface area contributed by atoms with Gasteiger partial charge in [-0.25, -0.2) is 4.98 Å². The Balaban J connectivity index is 1.56. The number of nitrogens with zero attached hydrogens (tertiary/aromatic N) is 2. The lowest BCUT2D eigenvalue weighted by atomic mass is 10.3. The number of aryl methyl sites for hydroxylation is 1. The Morgan fingerprint density at radius 1 is 1.24 bits per heavy atom. The monoisotopic (exact) mass is 317 g/mol. The summed E-state index contributed by atoms with van der Waals surface area (Å²) in [6.07, 6.45) is 2.61. The van der Waals surface area contributed by atoms with Crippen LogP contribution >= 0.6 is 23.1 Å². The fourth-order valence-electron chi connectivity index (χ4n) is 2.03. The van der Waals surface area contributed by atoms with Gasteiger partial charge >= 0.3 is 0 Å². The Kier molecular flexibility index (Phi) is 4.26. The van der Waals surface area contributed by atoms with Crippen molar-refractivity contribution in [1.29, 1.82) is 0 Å². The Morgan fingerprint density at radius 2 is 2.10 bits per heavy atom. The van der Waals surface area contributed by atoms with Crippen LogP contribution in [0.4, 0.5) is 5.69 Å². The maximum atomic E-state index is 11.6. The minimum absolute atomic E-state index is 0.00538. The summed E-state index contributed by atoms with van der Waals surface area (Å²) in [4.78, 5) is 16.2. The van der Waals surface area contributed by atoms with Crippen molar-refractivity contribution >= 4 is 39.0 Å². The van der Waals surface area contributed by atoms with Crippen LogP contribution in [-0.2, 0) is 6.54 Å². The fraction of sp³-hybridized carbons (Fsp3) is 0.200. The fourth-order valence-corrected chi connectivity index (χ4v) is 4.09. The molecule has 0 saturated heterocycles. The van der Waals surface area contributed by atoms with E-state index in [0.717, 1.165) is 22.0 Å². The lowest BCUT2D eigenvalue weighted by Gasteiger charge is -2.05. The van der Waals surface area contributed by atoms with Crippen molar-refractivity contribution in [3.8, 4) is 0 Å². The number of pyridine rings is 1. The zero-order valence-electron chi connectivity index (χ0n) is 11.4. The SMILES string of the molecule is Nc1ccc(=O)n(CCCSc2nc3ccccc3s2)c1. The van der Waals surface area contributed by atoms with Gasteiger partial charge in [0.2, 0.25) is 0 Å². The first-order valence-electron chi connectivity index (χ1n) is 6.67. The topological polar surface area (TPSA) is 60.9 Å². The molecule has 3 aromatic rings. The second-order valence-electron chi connectivity index (χ2n) is 4.64. The molecule has 0 aliphatic carbocycles. The summed E-state index contributed by atoms with van der Waals surface area (Å²) < 4.78 is 3.96. The Bertz CT molecular complexity index is 777. The standard InChI is InChI=1S/C15H15N3OS2/c16-11-6-7-14(19)18(10-11)8-3-9-20-15-17-12-4-1-2-5-13(12)21-15/h1-2,4-7,10H,3,8-9,16H2. The van der Waals surface area contributed by atoms with E-state index >= 15 is 0 Å². The molecule has 1 aromatic carbocycles. The first kappa shape index (κ1) is 14.2. The summed E-state index contributed by atoms with van der Waals surface area (Å²) in [6, 6.07) is 11.3. The van der Waals surface area contributed by atoms with Gasteiger partial charge in [0, 0.05) is 30.2 Å². The molecule has 3 rings (SSSR count). The summed E-state index contributed by atoms with van der Waals surface area (Å²) in [6.45, 7) is 0.682. The molecule has 0 bridgehead atoms. The molecule has 0 saturated carbocycles. The Morgan fingerprint density at radius 3 is 2.95 bits per heavy atom. The second kappa shape index (κ2) is 6.32. The van der Waals surface area contributed by atoms with Crippen molar-refractivity contribution in [2.75, 3.05) is 11.5 Å². The van der Waals surface area contributed by atoms with Crippen molar-refractivity contribution in [1.82, 2.24) is 9.55 Å². The molecule has 0 atom stereocenters.